The fraction of sp³-hybridized carbons (Fsp3) is 0.400. The minimum atomic E-state index is 0.127. The predicted molar refractivity (Wildman–Crippen MR) is 52.0 cm³/mol. The van der Waals surface area contributed by atoms with Gasteiger partial charge in [-0.2, -0.15) is 0 Å². The Morgan fingerprint density at radius 3 is 3.00 bits per heavy atom. The first-order valence-corrected chi connectivity index (χ1v) is 7.88. The van der Waals surface area contributed by atoms with E-state index in [4.69, 9.17) is 0 Å². The van der Waals surface area contributed by atoms with Crippen LogP contribution in [0.3, 0.4) is 0 Å². The van der Waals surface area contributed by atoms with Gasteiger partial charge in [-0.1, -0.05) is 0 Å². The van der Waals surface area contributed by atoms with Crippen molar-refractivity contribution in [2.75, 3.05) is 0 Å². The van der Waals surface area contributed by atoms with Crippen LogP contribution < -0.4 is 0 Å². The monoisotopic (exact) mass is 278 g/mol. The molecule has 0 aromatic rings. The van der Waals surface area contributed by atoms with Gasteiger partial charge >= 0.3 is 83.3 Å². The summed E-state index contributed by atoms with van der Waals surface area (Å²) >= 11 is 0.127. The van der Waals surface area contributed by atoms with Crippen molar-refractivity contribution < 1.29 is 4.79 Å². The summed E-state index contributed by atoms with van der Waals surface area (Å²) < 4.78 is 1.18. The van der Waals surface area contributed by atoms with Crippen molar-refractivity contribution in [2.24, 2.45) is 5.92 Å². The van der Waals surface area contributed by atoms with Gasteiger partial charge in [0.25, 0.3) is 0 Å². The van der Waals surface area contributed by atoms with E-state index in [0.717, 1.165) is 5.57 Å². The second kappa shape index (κ2) is 4.67. The first-order chi connectivity index (χ1) is 5.77. The van der Waals surface area contributed by atoms with Crippen LogP contribution in [0.25, 0.3) is 0 Å². The summed E-state index contributed by atoms with van der Waals surface area (Å²) in [5, 5.41) is 0. The second-order valence-electron chi connectivity index (χ2n) is 2.86. The number of allylic oxidation sites excluding steroid dienone is 5. The molecule has 0 aromatic heterocycles. The molecule has 12 heavy (non-hydrogen) atoms. The molecule has 0 aromatic carbocycles. The van der Waals surface area contributed by atoms with E-state index in [1.54, 1.807) is 0 Å². The van der Waals surface area contributed by atoms with Gasteiger partial charge in [0.15, 0.2) is 0 Å². The van der Waals surface area contributed by atoms with Crippen LogP contribution in [-0.4, -0.2) is 26.9 Å². The van der Waals surface area contributed by atoms with E-state index >= 15 is 0 Å². The normalized spacial score (nSPS) is 22.0. The van der Waals surface area contributed by atoms with Crippen LogP contribution in [0.2, 0.25) is 9.44 Å². The number of hydrogen-bond donors (Lipinski definition) is 0. The zero-order valence-electron chi connectivity index (χ0n) is 7.33. The average molecular weight is 276 g/mol. The summed E-state index contributed by atoms with van der Waals surface area (Å²) in [7, 11) is 0. The third-order valence-corrected chi connectivity index (χ3v) is 3.63. The first kappa shape index (κ1) is 9.80. The van der Waals surface area contributed by atoms with Gasteiger partial charge in [-0.05, 0) is 0 Å². The molecule has 0 aliphatic heterocycles. The Hall–Kier alpha value is -0.280. The standard InChI is InChI=1S/C10H12OTe/c1-8-3-4-9(7-12-2)5-10(8)6-11/h3-5,8H,7H2,1-2H3. The van der Waals surface area contributed by atoms with Gasteiger partial charge in [-0.3, -0.25) is 0 Å². The average Bonchev–Trinajstić information content (AvgIpc) is 2.09. The molecule has 0 bridgehead atoms. The van der Waals surface area contributed by atoms with Crippen LogP contribution in [0, 0.1) is 5.92 Å². The Morgan fingerprint density at radius 2 is 2.42 bits per heavy atom. The molecule has 0 heterocycles. The summed E-state index contributed by atoms with van der Waals surface area (Å²) in [4.78, 5) is 12.8. The molecule has 1 atom stereocenters. The molecular formula is C10H12OTe. The SMILES string of the molecule is C[Te]CC1=CC(=C=O)C(C)C=C1. The molecule has 2 heteroatoms. The van der Waals surface area contributed by atoms with E-state index < -0.39 is 0 Å². The van der Waals surface area contributed by atoms with Gasteiger partial charge in [-0.15, -0.1) is 0 Å². The van der Waals surface area contributed by atoms with Crippen molar-refractivity contribution in [3.8, 4) is 0 Å². The van der Waals surface area contributed by atoms with Crippen LogP contribution in [0.4, 0.5) is 0 Å². The molecule has 64 valence electrons. The van der Waals surface area contributed by atoms with Crippen molar-refractivity contribution in [3.63, 3.8) is 0 Å². The molecule has 0 N–H and O–H groups in total. The van der Waals surface area contributed by atoms with E-state index in [9.17, 15) is 4.79 Å². The van der Waals surface area contributed by atoms with E-state index in [2.05, 4.69) is 17.1 Å². The van der Waals surface area contributed by atoms with Crippen LogP contribution >= 0.6 is 0 Å². The van der Waals surface area contributed by atoms with Gasteiger partial charge in [0.05, 0.1) is 0 Å². The molecule has 0 radical (unpaired) electrons. The summed E-state index contributed by atoms with van der Waals surface area (Å²) in [6, 6.07) is 0. The molecule has 0 saturated carbocycles. The molecule has 0 spiro atoms. The molecule has 1 nitrogen and oxygen atoms in total. The Labute approximate surface area is 83.3 Å². The molecular weight excluding hydrogens is 264 g/mol. The molecule has 1 unspecified atom stereocenters. The Morgan fingerprint density at radius 1 is 1.67 bits per heavy atom. The van der Waals surface area contributed by atoms with E-state index in [-0.39, 0.29) is 26.8 Å². The Kier molecular flexibility index (Phi) is 3.82. The Balaban J connectivity index is 2.81. The molecule has 1 aliphatic carbocycles. The minimum absolute atomic E-state index is 0.127. The van der Waals surface area contributed by atoms with Crippen molar-refractivity contribution >= 4 is 26.9 Å². The van der Waals surface area contributed by atoms with Crippen LogP contribution in [-0.2, 0) is 4.79 Å². The van der Waals surface area contributed by atoms with Crippen molar-refractivity contribution in [1.82, 2.24) is 0 Å². The second-order valence-corrected chi connectivity index (χ2v) is 5.33. The summed E-state index contributed by atoms with van der Waals surface area (Å²) in [6.45, 7) is 2.02. The van der Waals surface area contributed by atoms with Crippen molar-refractivity contribution in [3.05, 3.63) is 29.4 Å². The van der Waals surface area contributed by atoms with Gasteiger partial charge in [-0.25, -0.2) is 0 Å². The van der Waals surface area contributed by atoms with Crippen LogP contribution in [0.5, 0.6) is 0 Å². The van der Waals surface area contributed by atoms with Crippen molar-refractivity contribution in [1.29, 1.82) is 0 Å². The molecule has 0 amide bonds. The third kappa shape index (κ3) is 2.35. The maximum atomic E-state index is 10.5. The third-order valence-electron chi connectivity index (χ3n) is 1.86. The summed E-state index contributed by atoms with van der Waals surface area (Å²) in [5.41, 5.74) is 2.10. The quantitative estimate of drug-likeness (QED) is 0.557. The molecule has 0 fully saturated rings. The molecule has 1 rings (SSSR count). The maximum absolute atomic E-state index is 10.5. The zero-order chi connectivity index (χ0) is 8.97. The van der Waals surface area contributed by atoms with Crippen LogP contribution in [0.1, 0.15) is 6.92 Å². The van der Waals surface area contributed by atoms with E-state index in [0.29, 0.717) is 0 Å². The van der Waals surface area contributed by atoms with Crippen LogP contribution in [0.15, 0.2) is 29.4 Å². The van der Waals surface area contributed by atoms with E-state index in [1.807, 2.05) is 18.9 Å². The fourth-order valence-electron chi connectivity index (χ4n) is 1.13. The number of rotatable bonds is 2. The summed E-state index contributed by atoms with van der Waals surface area (Å²) in [5.74, 6) is 2.25. The zero-order valence-corrected chi connectivity index (χ0v) is 9.66. The van der Waals surface area contributed by atoms with Gasteiger partial charge in [0, 0.05) is 0 Å². The summed E-state index contributed by atoms with van der Waals surface area (Å²) in [6.07, 6.45) is 6.21. The van der Waals surface area contributed by atoms with Crippen molar-refractivity contribution in [2.45, 2.75) is 16.4 Å². The van der Waals surface area contributed by atoms with Gasteiger partial charge < -0.3 is 0 Å². The van der Waals surface area contributed by atoms with Gasteiger partial charge in [0.1, 0.15) is 0 Å². The predicted octanol–water partition coefficient (Wildman–Crippen LogP) is 2.05. The Bertz CT molecular complexity index is 270. The fourth-order valence-corrected chi connectivity index (χ4v) is 2.59. The number of hydrogen-bond acceptors (Lipinski definition) is 1. The molecule has 1 aliphatic rings. The molecule has 0 saturated heterocycles. The van der Waals surface area contributed by atoms with E-state index in [1.165, 1.54) is 10.0 Å². The topological polar surface area (TPSA) is 17.1 Å². The first-order valence-electron chi connectivity index (χ1n) is 3.90. The number of carbonyl (C=O) groups excluding carboxylic acids is 1. The van der Waals surface area contributed by atoms with Gasteiger partial charge in [0.2, 0.25) is 0 Å².